The summed E-state index contributed by atoms with van der Waals surface area (Å²) >= 11 is 0. The Balaban J connectivity index is 0.973. The Morgan fingerprint density at radius 1 is 0.950 bits per heavy atom. The third-order valence-electron chi connectivity index (χ3n) is 12.2. The van der Waals surface area contributed by atoms with Gasteiger partial charge >= 0.3 is 6.18 Å². The van der Waals surface area contributed by atoms with Gasteiger partial charge < -0.3 is 24.4 Å². The standard InChI is InChI=1S/C44H49F5N6O5/c1-52-25-35(34-22-29(45)6-8-33(34)43(52)59)27-19-32(60-3)20-28(37(46)21-27)24-54-15-4-5-31(14-16-54)53(2)42(58)26-12-17-55(18-13-26)39-10-7-30(23-36(39)44(47,48)49)50-38-9-11-40(56)51-41(38)57/h6-8,10,19,21-23,25-26,31,38,50H,4-5,9,11-18,20,24H2,1-3H3,(H,51,56,57). The Bertz CT molecular complexity index is 2330. The molecule has 0 bridgehead atoms. The van der Waals surface area contributed by atoms with Crippen molar-refractivity contribution in [2.24, 2.45) is 13.0 Å². The number of likely N-dealkylation sites (tertiary alicyclic amines) is 1. The van der Waals surface area contributed by atoms with Gasteiger partial charge in [-0.25, -0.2) is 8.78 Å². The van der Waals surface area contributed by atoms with Crippen LogP contribution >= 0.6 is 0 Å². The van der Waals surface area contributed by atoms with E-state index in [2.05, 4.69) is 15.5 Å². The topological polar surface area (TPSA) is 116 Å². The van der Waals surface area contributed by atoms with E-state index in [4.69, 9.17) is 4.74 Å². The Kier molecular flexibility index (Phi) is 12.5. The van der Waals surface area contributed by atoms with E-state index in [1.54, 1.807) is 36.2 Å². The summed E-state index contributed by atoms with van der Waals surface area (Å²) in [7, 11) is 4.89. The van der Waals surface area contributed by atoms with Crippen LogP contribution in [-0.4, -0.2) is 91.1 Å². The summed E-state index contributed by atoms with van der Waals surface area (Å²) in [4.78, 5) is 55.9. The number of ether oxygens (including phenoxy) is 1. The maximum Gasteiger partial charge on any atom is 0.418 e. The zero-order valence-corrected chi connectivity index (χ0v) is 33.8. The van der Waals surface area contributed by atoms with Crippen LogP contribution in [0.4, 0.5) is 33.3 Å². The van der Waals surface area contributed by atoms with Crippen molar-refractivity contribution in [3.8, 4) is 0 Å². The number of imide groups is 1. The molecule has 320 valence electrons. The van der Waals surface area contributed by atoms with E-state index in [0.717, 1.165) is 18.9 Å². The first kappa shape index (κ1) is 42.6. The molecule has 60 heavy (non-hydrogen) atoms. The number of aromatic nitrogens is 1. The second-order valence-corrected chi connectivity index (χ2v) is 16.1. The monoisotopic (exact) mass is 836 g/mol. The van der Waals surface area contributed by atoms with Crippen molar-refractivity contribution in [3.05, 3.63) is 99.2 Å². The number of methoxy groups -OCH3 is 1. The third-order valence-corrected chi connectivity index (χ3v) is 12.2. The fourth-order valence-corrected chi connectivity index (χ4v) is 8.84. The molecule has 4 heterocycles. The molecule has 3 fully saturated rings. The number of carbonyl (C=O) groups excluding carboxylic acids is 3. The van der Waals surface area contributed by atoms with Crippen LogP contribution in [0.3, 0.4) is 0 Å². The lowest BCUT2D eigenvalue weighted by atomic mass is 9.93. The summed E-state index contributed by atoms with van der Waals surface area (Å²) in [5, 5.41) is 5.72. The normalized spacial score (nSPS) is 21.2. The highest BCUT2D eigenvalue weighted by atomic mass is 19.4. The van der Waals surface area contributed by atoms with Crippen LogP contribution in [0.5, 0.6) is 0 Å². The average Bonchev–Trinajstić information content (AvgIpc) is 3.55. The Morgan fingerprint density at radius 3 is 2.43 bits per heavy atom. The number of nitrogens with one attached hydrogen (secondary N) is 2. The molecule has 3 amide bonds. The number of amides is 3. The van der Waals surface area contributed by atoms with E-state index in [-0.39, 0.29) is 67.2 Å². The summed E-state index contributed by atoms with van der Waals surface area (Å²) in [6.07, 6.45) is 3.47. The fourth-order valence-electron chi connectivity index (χ4n) is 8.84. The van der Waals surface area contributed by atoms with Crippen LogP contribution in [-0.2, 0) is 32.3 Å². The molecule has 3 aromatic rings. The van der Waals surface area contributed by atoms with Gasteiger partial charge in [0.05, 0.1) is 12.7 Å². The molecule has 0 saturated carbocycles. The molecule has 7 rings (SSSR count). The molecule has 0 spiro atoms. The van der Waals surface area contributed by atoms with Crippen molar-refractivity contribution in [1.29, 1.82) is 0 Å². The van der Waals surface area contributed by atoms with Crippen LogP contribution in [0, 0.1) is 11.7 Å². The number of hydrogen-bond acceptors (Lipinski definition) is 8. The van der Waals surface area contributed by atoms with Crippen LogP contribution < -0.4 is 21.1 Å². The molecule has 0 radical (unpaired) electrons. The van der Waals surface area contributed by atoms with Gasteiger partial charge in [0.25, 0.3) is 5.56 Å². The van der Waals surface area contributed by atoms with E-state index in [1.807, 2.05) is 0 Å². The smallest absolute Gasteiger partial charge is 0.418 e. The van der Waals surface area contributed by atoms with Gasteiger partial charge in [-0.15, -0.1) is 0 Å². The molecule has 2 N–H and O–H groups in total. The highest BCUT2D eigenvalue weighted by molar-refractivity contribution is 6.01. The second kappa shape index (κ2) is 17.6. The molecule has 3 saturated heterocycles. The number of carbonyl (C=O) groups is 3. The highest BCUT2D eigenvalue weighted by Gasteiger charge is 2.38. The predicted molar refractivity (Wildman–Crippen MR) is 218 cm³/mol. The van der Waals surface area contributed by atoms with Gasteiger partial charge in [-0.3, -0.25) is 29.4 Å². The third kappa shape index (κ3) is 9.28. The van der Waals surface area contributed by atoms with Crippen molar-refractivity contribution in [3.63, 3.8) is 0 Å². The molecule has 4 aliphatic rings. The van der Waals surface area contributed by atoms with E-state index >= 15 is 4.39 Å². The van der Waals surface area contributed by atoms with Crippen LogP contribution in [0.1, 0.15) is 62.5 Å². The molecule has 1 aromatic heterocycles. The minimum absolute atomic E-state index is 0.00960. The van der Waals surface area contributed by atoms with E-state index in [1.165, 1.54) is 48.1 Å². The maximum absolute atomic E-state index is 16.1. The molecule has 16 heteroatoms. The summed E-state index contributed by atoms with van der Waals surface area (Å²) in [6.45, 7) is 2.14. The Morgan fingerprint density at radius 2 is 1.72 bits per heavy atom. The lowest BCUT2D eigenvalue weighted by Gasteiger charge is -2.37. The van der Waals surface area contributed by atoms with Crippen molar-refractivity contribution < 1.29 is 41.1 Å². The number of piperidine rings is 2. The van der Waals surface area contributed by atoms with Gasteiger partial charge in [0.1, 0.15) is 23.4 Å². The largest absolute Gasteiger partial charge is 0.501 e. The first-order chi connectivity index (χ1) is 28.6. The van der Waals surface area contributed by atoms with Gasteiger partial charge in [0, 0.05) is 93.6 Å². The van der Waals surface area contributed by atoms with Crippen molar-refractivity contribution in [2.45, 2.75) is 69.6 Å². The van der Waals surface area contributed by atoms with Gasteiger partial charge in [0.2, 0.25) is 17.7 Å². The number of anilines is 2. The van der Waals surface area contributed by atoms with Crippen LogP contribution in [0.15, 0.2) is 76.7 Å². The molecule has 2 aromatic carbocycles. The molecule has 11 nitrogen and oxygen atoms in total. The lowest BCUT2D eigenvalue weighted by molar-refractivity contribution is -0.138. The molecule has 2 atom stereocenters. The molecule has 3 aliphatic heterocycles. The van der Waals surface area contributed by atoms with Gasteiger partial charge in [-0.2, -0.15) is 13.2 Å². The number of halogens is 5. The van der Waals surface area contributed by atoms with E-state index in [0.29, 0.717) is 72.1 Å². The van der Waals surface area contributed by atoms with Crippen LogP contribution in [0.25, 0.3) is 16.3 Å². The minimum atomic E-state index is -4.67. The van der Waals surface area contributed by atoms with Crippen molar-refractivity contribution in [2.75, 3.05) is 57.1 Å². The number of benzene rings is 2. The summed E-state index contributed by atoms with van der Waals surface area (Å²) in [5.41, 5.74) is 0.457. The summed E-state index contributed by atoms with van der Waals surface area (Å²) in [5.74, 6) is -1.82. The number of nitrogens with zero attached hydrogens (tertiary/aromatic N) is 4. The Hall–Kier alpha value is -5.51. The fraction of sp³-hybridized carbons (Fsp3) is 0.455. The molecule has 2 unspecified atom stereocenters. The first-order valence-electron chi connectivity index (χ1n) is 20.3. The quantitative estimate of drug-likeness (QED) is 0.181. The average molecular weight is 837 g/mol. The number of allylic oxidation sites excluding steroid dienone is 5. The number of hydrogen-bond donors (Lipinski definition) is 2. The number of rotatable bonds is 9. The minimum Gasteiger partial charge on any atom is -0.501 e. The summed E-state index contributed by atoms with van der Waals surface area (Å²) < 4.78 is 80.6. The van der Waals surface area contributed by atoms with E-state index < -0.39 is 41.2 Å². The number of pyridine rings is 1. The maximum atomic E-state index is 16.1. The van der Waals surface area contributed by atoms with Gasteiger partial charge in [-0.1, -0.05) is 0 Å². The SMILES string of the molecule is COC1=CC(c2cn(C)c(=O)c3ccc(F)cc23)=CC(F)=C(CN2CCCC(N(C)C(=O)C3CCN(c4ccc(NC5CCC(=O)NC5=O)cc4C(F)(F)F)CC3)CC2)C1. The van der Waals surface area contributed by atoms with Gasteiger partial charge in [-0.05, 0) is 110 Å². The van der Waals surface area contributed by atoms with E-state index in [9.17, 15) is 36.7 Å². The molecular formula is C44H49F5N6O5. The van der Waals surface area contributed by atoms with Gasteiger partial charge in [0.15, 0.2) is 0 Å². The first-order valence-corrected chi connectivity index (χ1v) is 20.3. The zero-order valence-electron chi connectivity index (χ0n) is 33.8. The summed E-state index contributed by atoms with van der Waals surface area (Å²) in [6, 6.07) is 6.92. The molecule has 1 aliphatic carbocycles. The molecular weight excluding hydrogens is 788 g/mol. The van der Waals surface area contributed by atoms with Crippen molar-refractivity contribution >= 4 is 45.4 Å². The number of alkyl halides is 3. The second-order valence-electron chi connectivity index (χ2n) is 16.1. The number of fused-ring (bicyclic) bond motifs is 1. The lowest BCUT2D eigenvalue weighted by Crippen LogP contribution is -2.47. The number of aryl methyl sites for hydroxylation is 1. The zero-order chi connectivity index (χ0) is 42.9. The van der Waals surface area contributed by atoms with Crippen molar-refractivity contribution in [1.82, 2.24) is 19.7 Å². The van der Waals surface area contributed by atoms with Crippen LogP contribution in [0.2, 0.25) is 0 Å². The Labute approximate surface area is 344 Å². The highest BCUT2D eigenvalue weighted by Crippen LogP contribution is 2.40. The predicted octanol–water partition coefficient (Wildman–Crippen LogP) is 6.68.